The molecule has 3 nitrogen and oxygen atoms in total. The summed E-state index contributed by atoms with van der Waals surface area (Å²) >= 11 is 0. The topological polar surface area (TPSA) is 29.9 Å². The van der Waals surface area contributed by atoms with Crippen molar-refractivity contribution in [1.82, 2.24) is 15.1 Å². The van der Waals surface area contributed by atoms with E-state index in [1.54, 1.807) is 0 Å². The van der Waals surface area contributed by atoms with Crippen LogP contribution in [-0.2, 0) is 13.0 Å². The summed E-state index contributed by atoms with van der Waals surface area (Å²) in [5, 5.41) is 8.25. The molecule has 1 aromatic heterocycles. The molecule has 19 heavy (non-hydrogen) atoms. The van der Waals surface area contributed by atoms with Gasteiger partial charge < -0.3 is 5.32 Å². The zero-order valence-corrected chi connectivity index (χ0v) is 13.8. The molecule has 0 spiro atoms. The Kier molecular flexibility index (Phi) is 5.60. The lowest BCUT2D eigenvalue weighted by molar-refractivity contribution is 0.426. The van der Waals surface area contributed by atoms with Gasteiger partial charge in [-0.15, -0.1) is 0 Å². The zero-order valence-electron chi connectivity index (χ0n) is 13.8. The van der Waals surface area contributed by atoms with E-state index in [1.165, 1.54) is 23.4 Å². The van der Waals surface area contributed by atoms with E-state index in [4.69, 9.17) is 5.10 Å². The summed E-state index contributed by atoms with van der Waals surface area (Å²) in [6.45, 7) is 17.5. The van der Waals surface area contributed by atoms with Crippen molar-refractivity contribution in [2.24, 2.45) is 5.92 Å². The van der Waals surface area contributed by atoms with Gasteiger partial charge in [-0.1, -0.05) is 20.3 Å². The first-order valence-electron chi connectivity index (χ1n) is 7.52. The molecule has 1 aromatic rings. The predicted octanol–water partition coefficient (Wildman–Crippen LogP) is 3.48. The minimum absolute atomic E-state index is 0.189. The molecule has 0 fully saturated rings. The van der Waals surface area contributed by atoms with Crippen LogP contribution in [0.2, 0.25) is 0 Å². The van der Waals surface area contributed by atoms with Crippen molar-refractivity contribution >= 4 is 0 Å². The standard InChI is InChI=1S/C16H31N3/c1-8-12(2)11-19-14(4)15(13(3)18-19)9-10-17-16(5,6)7/h12,17H,8-11H2,1-7H3. The molecule has 0 aliphatic rings. The summed E-state index contributed by atoms with van der Waals surface area (Å²) < 4.78 is 2.19. The van der Waals surface area contributed by atoms with E-state index in [0.29, 0.717) is 5.92 Å². The number of aromatic nitrogens is 2. The fourth-order valence-electron chi connectivity index (χ4n) is 2.26. The second-order valence-electron chi connectivity index (χ2n) is 6.77. The third-order valence-electron chi connectivity index (χ3n) is 3.74. The molecule has 1 N–H and O–H groups in total. The van der Waals surface area contributed by atoms with Crippen molar-refractivity contribution in [2.75, 3.05) is 6.54 Å². The Bertz CT molecular complexity index is 399. The average molecular weight is 265 g/mol. The zero-order chi connectivity index (χ0) is 14.6. The summed E-state index contributed by atoms with van der Waals surface area (Å²) in [5.74, 6) is 0.693. The Morgan fingerprint density at radius 3 is 2.42 bits per heavy atom. The van der Waals surface area contributed by atoms with Gasteiger partial charge in [-0.05, 0) is 59.1 Å². The second-order valence-corrected chi connectivity index (χ2v) is 6.77. The first-order valence-corrected chi connectivity index (χ1v) is 7.52. The minimum atomic E-state index is 0.189. The Balaban J connectivity index is 2.69. The first kappa shape index (κ1) is 16.2. The molecule has 110 valence electrons. The largest absolute Gasteiger partial charge is 0.312 e. The fourth-order valence-corrected chi connectivity index (χ4v) is 2.26. The molecule has 0 bridgehead atoms. The number of nitrogens with zero attached hydrogens (tertiary/aromatic N) is 2. The monoisotopic (exact) mass is 265 g/mol. The van der Waals surface area contributed by atoms with Gasteiger partial charge in [0.2, 0.25) is 0 Å². The van der Waals surface area contributed by atoms with Crippen molar-refractivity contribution in [3.05, 3.63) is 17.0 Å². The molecule has 0 aliphatic carbocycles. The lowest BCUT2D eigenvalue weighted by atomic mass is 10.1. The number of hydrogen-bond acceptors (Lipinski definition) is 2. The maximum absolute atomic E-state index is 4.70. The van der Waals surface area contributed by atoms with Gasteiger partial charge in [0.15, 0.2) is 0 Å². The quantitative estimate of drug-likeness (QED) is 0.853. The SMILES string of the molecule is CCC(C)Cn1nc(C)c(CCNC(C)(C)C)c1C. The van der Waals surface area contributed by atoms with Crippen LogP contribution in [-0.4, -0.2) is 21.9 Å². The Morgan fingerprint density at radius 2 is 1.89 bits per heavy atom. The Labute approximate surface area is 118 Å². The molecule has 0 saturated carbocycles. The molecule has 0 radical (unpaired) electrons. The van der Waals surface area contributed by atoms with Crippen LogP contribution in [0.3, 0.4) is 0 Å². The first-order chi connectivity index (χ1) is 8.74. The van der Waals surface area contributed by atoms with Crippen LogP contribution in [0.25, 0.3) is 0 Å². The van der Waals surface area contributed by atoms with Crippen LogP contribution in [0.5, 0.6) is 0 Å². The summed E-state index contributed by atoms with van der Waals surface area (Å²) in [6.07, 6.45) is 2.27. The van der Waals surface area contributed by atoms with Crippen LogP contribution in [0.1, 0.15) is 58.0 Å². The molecule has 0 amide bonds. The van der Waals surface area contributed by atoms with E-state index in [2.05, 4.69) is 58.5 Å². The van der Waals surface area contributed by atoms with Crippen molar-refractivity contribution in [1.29, 1.82) is 0 Å². The maximum atomic E-state index is 4.70. The molecular formula is C16H31N3. The highest BCUT2D eigenvalue weighted by Crippen LogP contribution is 2.16. The molecule has 1 heterocycles. The molecule has 1 unspecified atom stereocenters. The molecule has 1 atom stereocenters. The highest BCUT2D eigenvalue weighted by Gasteiger charge is 2.14. The van der Waals surface area contributed by atoms with E-state index >= 15 is 0 Å². The summed E-state index contributed by atoms with van der Waals surface area (Å²) in [7, 11) is 0. The van der Waals surface area contributed by atoms with Gasteiger partial charge >= 0.3 is 0 Å². The van der Waals surface area contributed by atoms with Crippen molar-refractivity contribution < 1.29 is 0 Å². The minimum Gasteiger partial charge on any atom is -0.312 e. The number of hydrogen-bond donors (Lipinski definition) is 1. The van der Waals surface area contributed by atoms with Crippen molar-refractivity contribution in [3.63, 3.8) is 0 Å². The lowest BCUT2D eigenvalue weighted by Crippen LogP contribution is -2.37. The van der Waals surface area contributed by atoms with Crippen LogP contribution < -0.4 is 5.32 Å². The predicted molar refractivity (Wildman–Crippen MR) is 82.6 cm³/mol. The fraction of sp³-hybridized carbons (Fsp3) is 0.812. The summed E-state index contributed by atoms with van der Waals surface area (Å²) in [5.41, 5.74) is 4.14. The molecule has 0 aromatic carbocycles. The summed E-state index contributed by atoms with van der Waals surface area (Å²) in [4.78, 5) is 0. The highest BCUT2D eigenvalue weighted by atomic mass is 15.3. The summed E-state index contributed by atoms with van der Waals surface area (Å²) in [6, 6.07) is 0. The van der Waals surface area contributed by atoms with Crippen LogP contribution in [0.15, 0.2) is 0 Å². The van der Waals surface area contributed by atoms with Crippen molar-refractivity contribution in [3.8, 4) is 0 Å². The number of rotatable bonds is 6. The average Bonchev–Trinajstić information content (AvgIpc) is 2.55. The van der Waals surface area contributed by atoms with Gasteiger partial charge in [0.05, 0.1) is 5.69 Å². The maximum Gasteiger partial charge on any atom is 0.0628 e. The molecular weight excluding hydrogens is 234 g/mol. The molecule has 1 rings (SSSR count). The normalized spacial score (nSPS) is 13.8. The van der Waals surface area contributed by atoms with Crippen LogP contribution in [0, 0.1) is 19.8 Å². The van der Waals surface area contributed by atoms with E-state index in [1.807, 2.05) is 0 Å². The highest BCUT2D eigenvalue weighted by molar-refractivity contribution is 5.24. The Hall–Kier alpha value is -0.830. The van der Waals surface area contributed by atoms with E-state index in [0.717, 1.165) is 19.5 Å². The van der Waals surface area contributed by atoms with Crippen molar-refractivity contribution in [2.45, 2.75) is 73.4 Å². The Morgan fingerprint density at radius 1 is 1.26 bits per heavy atom. The third-order valence-corrected chi connectivity index (χ3v) is 3.74. The lowest BCUT2D eigenvalue weighted by Gasteiger charge is -2.20. The molecule has 3 heteroatoms. The van der Waals surface area contributed by atoms with Gasteiger partial charge in [0.25, 0.3) is 0 Å². The van der Waals surface area contributed by atoms with E-state index in [9.17, 15) is 0 Å². The van der Waals surface area contributed by atoms with Gasteiger partial charge in [-0.3, -0.25) is 4.68 Å². The third kappa shape index (κ3) is 4.98. The number of nitrogens with one attached hydrogen (secondary N) is 1. The molecule has 0 aliphatic heterocycles. The van der Waals surface area contributed by atoms with Crippen LogP contribution in [0.4, 0.5) is 0 Å². The number of aryl methyl sites for hydroxylation is 1. The smallest absolute Gasteiger partial charge is 0.0628 e. The van der Waals surface area contributed by atoms with E-state index in [-0.39, 0.29) is 5.54 Å². The van der Waals surface area contributed by atoms with E-state index < -0.39 is 0 Å². The molecule has 0 saturated heterocycles. The van der Waals surface area contributed by atoms with Crippen LogP contribution >= 0.6 is 0 Å². The van der Waals surface area contributed by atoms with Gasteiger partial charge in [-0.2, -0.15) is 5.10 Å². The van der Waals surface area contributed by atoms with Gasteiger partial charge in [0, 0.05) is 17.8 Å². The second kappa shape index (κ2) is 6.56. The van der Waals surface area contributed by atoms with Gasteiger partial charge in [-0.25, -0.2) is 0 Å². The van der Waals surface area contributed by atoms with Gasteiger partial charge in [0.1, 0.15) is 0 Å².